The Kier molecular flexibility index (Phi) is 1.91. The lowest BCUT2D eigenvalue weighted by atomic mass is 9.92. The molecule has 0 saturated carbocycles. The van der Waals surface area contributed by atoms with Gasteiger partial charge in [0.25, 0.3) is 0 Å². The summed E-state index contributed by atoms with van der Waals surface area (Å²) in [6.45, 7) is 8.55. The lowest BCUT2D eigenvalue weighted by Gasteiger charge is -2.15. The van der Waals surface area contributed by atoms with Crippen molar-refractivity contribution in [3.05, 3.63) is 17.5 Å². The third-order valence-electron chi connectivity index (χ3n) is 2.45. The molecule has 0 aromatic carbocycles. The van der Waals surface area contributed by atoms with E-state index in [2.05, 4.69) is 41.9 Å². The van der Waals surface area contributed by atoms with Gasteiger partial charge in [0.2, 0.25) is 0 Å². The van der Waals surface area contributed by atoms with Gasteiger partial charge in [-0.25, -0.2) is 0 Å². The molecule has 0 fully saturated rings. The molecule has 1 aliphatic rings. The van der Waals surface area contributed by atoms with E-state index in [0.717, 1.165) is 19.6 Å². The Labute approximate surface area is 79.1 Å². The summed E-state index contributed by atoms with van der Waals surface area (Å²) in [6, 6.07) is 2.24. The zero-order valence-electron chi connectivity index (χ0n) is 8.59. The lowest BCUT2D eigenvalue weighted by molar-refractivity contribution is 0.442. The summed E-state index contributed by atoms with van der Waals surface area (Å²) in [5, 5.41) is 7.88. The Balaban J connectivity index is 2.36. The van der Waals surface area contributed by atoms with Crippen molar-refractivity contribution >= 4 is 0 Å². The smallest absolute Gasteiger partial charge is 0.0907 e. The first-order valence-corrected chi connectivity index (χ1v) is 4.85. The summed E-state index contributed by atoms with van der Waals surface area (Å²) in [5.41, 5.74) is 2.74. The molecule has 0 saturated heterocycles. The number of aromatic nitrogens is 2. The largest absolute Gasteiger partial charge is 0.298 e. The summed E-state index contributed by atoms with van der Waals surface area (Å²) in [6.07, 6.45) is 1.10. The molecule has 1 N–H and O–H groups in total. The summed E-state index contributed by atoms with van der Waals surface area (Å²) >= 11 is 0. The second-order valence-corrected chi connectivity index (χ2v) is 4.68. The zero-order chi connectivity index (χ0) is 9.47. The zero-order valence-corrected chi connectivity index (χ0v) is 8.59. The Morgan fingerprint density at radius 1 is 1.46 bits per heavy atom. The standard InChI is InChI=1S/C10H17N3/c1-10(2,3)9-6-8-4-5-11-7-13(8)12-9/h6,11H,4-5,7H2,1-3H3. The van der Waals surface area contributed by atoms with Crippen molar-refractivity contribution in [3.8, 4) is 0 Å². The van der Waals surface area contributed by atoms with Crippen LogP contribution in [0.15, 0.2) is 6.07 Å². The third-order valence-corrected chi connectivity index (χ3v) is 2.45. The van der Waals surface area contributed by atoms with E-state index in [4.69, 9.17) is 0 Å². The van der Waals surface area contributed by atoms with E-state index in [0.29, 0.717) is 0 Å². The van der Waals surface area contributed by atoms with Gasteiger partial charge in [0, 0.05) is 24.1 Å². The second kappa shape index (κ2) is 2.84. The van der Waals surface area contributed by atoms with Crippen LogP contribution in [0.3, 0.4) is 0 Å². The van der Waals surface area contributed by atoms with E-state index in [9.17, 15) is 0 Å². The van der Waals surface area contributed by atoms with E-state index in [1.54, 1.807) is 0 Å². The molecular formula is C10H17N3. The van der Waals surface area contributed by atoms with Gasteiger partial charge >= 0.3 is 0 Å². The van der Waals surface area contributed by atoms with Gasteiger partial charge in [-0.3, -0.25) is 10.00 Å². The Hall–Kier alpha value is -0.830. The van der Waals surface area contributed by atoms with Crippen molar-refractivity contribution in [1.29, 1.82) is 0 Å². The monoisotopic (exact) mass is 179 g/mol. The van der Waals surface area contributed by atoms with Crippen molar-refractivity contribution in [2.24, 2.45) is 0 Å². The number of hydrogen-bond acceptors (Lipinski definition) is 2. The second-order valence-electron chi connectivity index (χ2n) is 4.68. The third kappa shape index (κ3) is 1.61. The Morgan fingerprint density at radius 3 is 2.85 bits per heavy atom. The van der Waals surface area contributed by atoms with Crippen LogP contribution in [0, 0.1) is 0 Å². The first-order valence-electron chi connectivity index (χ1n) is 4.85. The van der Waals surface area contributed by atoms with E-state index in [-0.39, 0.29) is 5.41 Å². The quantitative estimate of drug-likeness (QED) is 0.650. The Bertz CT molecular complexity index is 283. The van der Waals surface area contributed by atoms with Gasteiger partial charge in [-0.05, 0) is 6.07 Å². The van der Waals surface area contributed by atoms with Gasteiger partial charge in [0.05, 0.1) is 12.4 Å². The van der Waals surface area contributed by atoms with Crippen molar-refractivity contribution in [3.63, 3.8) is 0 Å². The molecule has 0 spiro atoms. The molecule has 0 aliphatic carbocycles. The highest BCUT2D eigenvalue weighted by Crippen LogP contribution is 2.22. The van der Waals surface area contributed by atoms with Gasteiger partial charge in [0.15, 0.2) is 0 Å². The van der Waals surface area contributed by atoms with Gasteiger partial charge in [-0.15, -0.1) is 0 Å². The van der Waals surface area contributed by atoms with Crippen LogP contribution in [-0.4, -0.2) is 16.3 Å². The normalized spacial score (nSPS) is 17.2. The molecule has 2 rings (SSSR count). The average molecular weight is 179 g/mol. The van der Waals surface area contributed by atoms with Gasteiger partial charge in [-0.2, -0.15) is 5.10 Å². The fraction of sp³-hybridized carbons (Fsp3) is 0.700. The molecular weight excluding hydrogens is 162 g/mol. The molecule has 3 nitrogen and oxygen atoms in total. The molecule has 0 amide bonds. The van der Waals surface area contributed by atoms with Crippen molar-refractivity contribution in [2.75, 3.05) is 6.54 Å². The van der Waals surface area contributed by atoms with Crippen molar-refractivity contribution in [1.82, 2.24) is 15.1 Å². The van der Waals surface area contributed by atoms with Crippen molar-refractivity contribution < 1.29 is 0 Å². The number of hydrogen-bond donors (Lipinski definition) is 1. The minimum atomic E-state index is 0.171. The maximum absolute atomic E-state index is 4.58. The van der Waals surface area contributed by atoms with Crippen LogP contribution in [0.4, 0.5) is 0 Å². The predicted octanol–water partition coefficient (Wildman–Crippen LogP) is 1.28. The van der Waals surface area contributed by atoms with Crippen LogP contribution in [0.1, 0.15) is 32.2 Å². The summed E-state index contributed by atoms with van der Waals surface area (Å²) in [5.74, 6) is 0. The molecule has 1 aromatic rings. The molecule has 2 heterocycles. The SMILES string of the molecule is CC(C)(C)c1cc2n(n1)CNCC2. The van der Waals surface area contributed by atoms with Gasteiger partial charge < -0.3 is 0 Å². The number of fused-ring (bicyclic) bond motifs is 1. The van der Waals surface area contributed by atoms with E-state index in [1.165, 1.54) is 11.4 Å². The van der Waals surface area contributed by atoms with Crippen molar-refractivity contribution in [2.45, 2.75) is 39.3 Å². The first kappa shape index (κ1) is 8.75. The highest BCUT2D eigenvalue weighted by Gasteiger charge is 2.20. The molecule has 1 aliphatic heterocycles. The van der Waals surface area contributed by atoms with Gasteiger partial charge in [-0.1, -0.05) is 20.8 Å². The maximum atomic E-state index is 4.58. The van der Waals surface area contributed by atoms with Crippen LogP contribution >= 0.6 is 0 Å². The summed E-state index contributed by atoms with van der Waals surface area (Å²) in [4.78, 5) is 0. The summed E-state index contributed by atoms with van der Waals surface area (Å²) in [7, 11) is 0. The number of nitrogens with zero attached hydrogens (tertiary/aromatic N) is 2. The molecule has 72 valence electrons. The molecule has 3 heteroatoms. The predicted molar refractivity (Wildman–Crippen MR) is 52.6 cm³/mol. The minimum absolute atomic E-state index is 0.171. The molecule has 13 heavy (non-hydrogen) atoms. The van der Waals surface area contributed by atoms with Crippen LogP contribution in [0.25, 0.3) is 0 Å². The fourth-order valence-corrected chi connectivity index (χ4v) is 1.56. The number of nitrogens with one attached hydrogen (secondary N) is 1. The Morgan fingerprint density at radius 2 is 2.23 bits per heavy atom. The average Bonchev–Trinajstić information content (AvgIpc) is 2.45. The maximum Gasteiger partial charge on any atom is 0.0907 e. The van der Waals surface area contributed by atoms with Crippen LogP contribution in [0.5, 0.6) is 0 Å². The lowest BCUT2D eigenvalue weighted by Crippen LogP contribution is -2.29. The first-order chi connectivity index (χ1) is 6.07. The van der Waals surface area contributed by atoms with E-state index < -0.39 is 0 Å². The summed E-state index contributed by atoms with van der Waals surface area (Å²) < 4.78 is 2.07. The minimum Gasteiger partial charge on any atom is -0.298 e. The molecule has 0 atom stereocenters. The molecule has 0 radical (unpaired) electrons. The van der Waals surface area contributed by atoms with Crippen LogP contribution in [-0.2, 0) is 18.5 Å². The molecule has 0 bridgehead atoms. The highest BCUT2D eigenvalue weighted by molar-refractivity contribution is 5.18. The van der Waals surface area contributed by atoms with E-state index >= 15 is 0 Å². The highest BCUT2D eigenvalue weighted by atomic mass is 15.3. The van der Waals surface area contributed by atoms with E-state index in [1.807, 2.05) is 0 Å². The molecule has 0 unspecified atom stereocenters. The van der Waals surface area contributed by atoms with Crippen LogP contribution in [0.2, 0.25) is 0 Å². The topological polar surface area (TPSA) is 29.9 Å². The van der Waals surface area contributed by atoms with Crippen LogP contribution < -0.4 is 5.32 Å². The van der Waals surface area contributed by atoms with Gasteiger partial charge in [0.1, 0.15) is 0 Å². The molecule has 1 aromatic heterocycles. The fourth-order valence-electron chi connectivity index (χ4n) is 1.56. The number of rotatable bonds is 0.